The Kier molecular flexibility index (Phi) is 4.10. The summed E-state index contributed by atoms with van der Waals surface area (Å²) in [5.74, 6) is -3.84. The average Bonchev–Trinajstić information content (AvgIpc) is 2.77. The Bertz CT molecular complexity index is 661. The summed E-state index contributed by atoms with van der Waals surface area (Å²) in [5, 5.41) is 14.1. The quantitative estimate of drug-likeness (QED) is 0.806. The smallest absolute Gasteiger partial charge is 0.317 e. The van der Waals surface area contributed by atoms with Crippen LogP contribution in [0.1, 0.15) is 5.69 Å². The summed E-state index contributed by atoms with van der Waals surface area (Å²) < 4.78 is 28.3. The highest BCUT2D eigenvalue weighted by molar-refractivity contribution is 6.34. The number of nitrogens with zero attached hydrogens (tertiary/aromatic N) is 2. The highest BCUT2D eigenvalue weighted by Crippen LogP contribution is 2.37. The third kappa shape index (κ3) is 2.96. The first-order valence-corrected chi connectivity index (χ1v) is 6.14. The van der Waals surface area contributed by atoms with E-state index in [9.17, 15) is 13.6 Å². The molecule has 1 aromatic heterocycles. The van der Waals surface area contributed by atoms with Crippen LogP contribution in [0.2, 0.25) is 5.02 Å². The molecule has 9 heteroatoms. The van der Waals surface area contributed by atoms with Crippen LogP contribution >= 0.6 is 11.6 Å². The first-order valence-electron chi connectivity index (χ1n) is 5.76. The molecule has 0 aliphatic heterocycles. The van der Waals surface area contributed by atoms with Crippen LogP contribution in [0.15, 0.2) is 30.3 Å². The van der Waals surface area contributed by atoms with Gasteiger partial charge in [-0.1, -0.05) is 29.8 Å². The number of para-hydroxylation sites is 1. The Labute approximate surface area is 123 Å². The number of alkyl halides is 2. The minimum absolute atomic E-state index is 0.196. The maximum Gasteiger partial charge on any atom is 0.317 e. The Hall–Kier alpha value is -2.19. The van der Waals surface area contributed by atoms with Crippen molar-refractivity contribution in [1.29, 1.82) is 0 Å². The average molecular weight is 317 g/mol. The summed E-state index contributed by atoms with van der Waals surface area (Å²) >= 11 is 5.84. The van der Waals surface area contributed by atoms with Crippen LogP contribution in [-0.4, -0.2) is 27.5 Å². The lowest BCUT2D eigenvalue weighted by Gasteiger charge is -2.09. The number of nitrogens with two attached hydrogens (primary N) is 1. The van der Waals surface area contributed by atoms with Crippen LogP contribution in [0.5, 0.6) is 0 Å². The number of aromatic nitrogens is 2. The number of hydrogen-bond donors (Lipinski definition) is 3. The van der Waals surface area contributed by atoms with Crippen LogP contribution in [-0.2, 0) is 5.92 Å². The summed E-state index contributed by atoms with van der Waals surface area (Å²) in [6.07, 6.45) is 0. The predicted octanol–water partition coefficient (Wildman–Crippen LogP) is 2.10. The Balaban J connectivity index is 2.63. The van der Waals surface area contributed by atoms with Crippen molar-refractivity contribution in [2.45, 2.75) is 5.92 Å². The number of rotatable bonds is 4. The lowest BCUT2D eigenvalue weighted by atomic mass is 10.2. The summed E-state index contributed by atoms with van der Waals surface area (Å²) in [4.78, 5) is 11.0. The van der Waals surface area contributed by atoms with Crippen LogP contribution in [0.3, 0.4) is 0 Å². The topological polar surface area (TPSA) is 93.2 Å². The van der Waals surface area contributed by atoms with E-state index in [4.69, 9.17) is 22.4 Å². The SMILES string of the molecule is NC(=O)Nc1c(Cl)c(C(F)(F)CO)nn1-c1ccccc1. The Morgan fingerprint density at radius 1 is 1.43 bits per heavy atom. The minimum atomic E-state index is -3.65. The number of amides is 2. The highest BCUT2D eigenvalue weighted by atomic mass is 35.5. The molecule has 2 rings (SSSR count). The molecule has 0 bridgehead atoms. The van der Waals surface area contributed by atoms with Crippen LogP contribution in [0.4, 0.5) is 19.4 Å². The normalized spacial score (nSPS) is 11.4. The van der Waals surface area contributed by atoms with E-state index in [0.29, 0.717) is 5.69 Å². The second-order valence-electron chi connectivity index (χ2n) is 4.11. The number of urea groups is 1. The van der Waals surface area contributed by atoms with Gasteiger partial charge in [0.15, 0.2) is 11.5 Å². The largest absolute Gasteiger partial charge is 0.390 e. The van der Waals surface area contributed by atoms with Gasteiger partial charge in [0, 0.05) is 0 Å². The molecule has 2 amide bonds. The number of benzene rings is 1. The molecule has 0 aliphatic rings. The molecule has 0 spiro atoms. The molecule has 0 saturated carbocycles. The molecule has 4 N–H and O–H groups in total. The second kappa shape index (κ2) is 5.66. The van der Waals surface area contributed by atoms with Crippen LogP contribution in [0, 0.1) is 0 Å². The number of aliphatic hydroxyl groups is 1. The number of aliphatic hydroxyl groups excluding tert-OH is 1. The zero-order valence-electron chi connectivity index (χ0n) is 10.6. The van der Waals surface area contributed by atoms with Crippen molar-refractivity contribution in [3.05, 3.63) is 41.0 Å². The van der Waals surface area contributed by atoms with Crippen LogP contribution in [0.25, 0.3) is 5.69 Å². The number of carbonyl (C=O) groups excluding carboxylic acids is 1. The van der Waals surface area contributed by atoms with Gasteiger partial charge in [-0.15, -0.1) is 0 Å². The molecule has 6 nitrogen and oxygen atoms in total. The second-order valence-corrected chi connectivity index (χ2v) is 4.49. The number of hydrogen-bond acceptors (Lipinski definition) is 3. The number of halogens is 3. The van der Waals surface area contributed by atoms with Gasteiger partial charge >= 0.3 is 12.0 Å². The van der Waals surface area contributed by atoms with Crippen molar-refractivity contribution in [3.8, 4) is 5.69 Å². The van der Waals surface area contributed by atoms with E-state index >= 15 is 0 Å². The van der Waals surface area contributed by atoms with Gasteiger partial charge in [-0.3, -0.25) is 5.32 Å². The van der Waals surface area contributed by atoms with Crippen LogP contribution < -0.4 is 11.1 Å². The molecule has 21 heavy (non-hydrogen) atoms. The Morgan fingerprint density at radius 3 is 2.57 bits per heavy atom. The molecule has 0 radical (unpaired) electrons. The fourth-order valence-corrected chi connectivity index (χ4v) is 1.99. The molecule has 0 fully saturated rings. The molecular formula is C12H11ClF2N4O2. The van der Waals surface area contributed by atoms with Gasteiger partial charge in [-0.25, -0.2) is 9.48 Å². The fraction of sp³-hybridized carbons (Fsp3) is 0.167. The van der Waals surface area contributed by atoms with Gasteiger partial charge in [-0.05, 0) is 12.1 Å². The van der Waals surface area contributed by atoms with E-state index in [1.54, 1.807) is 30.3 Å². The molecule has 1 heterocycles. The van der Waals surface area contributed by atoms with Crippen molar-refractivity contribution in [2.24, 2.45) is 5.73 Å². The first kappa shape index (κ1) is 15.2. The summed E-state index contributed by atoms with van der Waals surface area (Å²) in [6.45, 7) is -1.46. The molecule has 2 aromatic rings. The molecule has 0 atom stereocenters. The maximum absolute atomic E-state index is 13.6. The van der Waals surface area contributed by atoms with E-state index < -0.39 is 29.3 Å². The first-order chi connectivity index (χ1) is 9.86. The molecule has 0 saturated heterocycles. The lowest BCUT2D eigenvalue weighted by Crippen LogP contribution is -2.21. The van der Waals surface area contributed by atoms with Gasteiger partial charge in [0.05, 0.1) is 5.69 Å². The van der Waals surface area contributed by atoms with Gasteiger partial charge in [-0.2, -0.15) is 13.9 Å². The van der Waals surface area contributed by atoms with E-state index in [-0.39, 0.29) is 5.82 Å². The van der Waals surface area contributed by atoms with Gasteiger partial charge in [0.1, 0.15) is 11.6 Å². The monoisotopic (exact) mass is 316 g/mol. The number of primary amides is 1. The summed E-state index contributed by atoms with van der Waals surface area (Å²) in [7, 11) is 0. The molecular weight excluding hydrogens is 306 g/mol. The standard InChI is InChI=1S/C12H11ClF2N4O2/c13-8-9(12(14,15)6-20)18-19(10(8)17-11(16)21)7-4-2-1-3-5-7/h1-5,20H,6H2,(H3,16,17,21). The third-order valence-corrected chi connectivity index (χ3v) is 2.97. The molecule has 0 aliphatic carbocycles. The van der Waals surface area contributed by atoms with Gasteiger partial charge in [0.2, 0.25) is 0 Å². The fourth-order valence-electron chi connectivity index (χ4n) is 1.69. The van der Waals surface area contributed by atoms with Gasteiger partial charge < -0.3 is 10.8 Å². The molecule has 112 valence electrons. The number of carbonyl (C=O) groups is 1. The van der Waals surface area contributed by atoms with Crippen molar-refractivity contribution < 1.29 is 18.7 Å². The molecule has 1 aromatic carbocycles. The summed E-state index contributed by atoms with van der Waals surface area (Å²) in [6, 6.07) is 7.21. The number of nitrogens with one attached hydrogen (secondary N) is 1. The number of anilines is 1. The zero-order chi connectivity index (χ0) is 15.6. The van der Waals surface area contributed by atoms with E-state index in [1.165, 1.54) is 0 Å². The summed E-state index contributed by atoms with van der Waals surface area (Å²) in [5.41, 5.74) is 4.55. The van der Waals surface area contributed by atoms with E-state index in [2.05, 4.69) is 10.4 Å². The van der Waals surface area contributed by atoms with Crippen molar-refractivity contribution >= 4 is 23.4 Å². The van der Waals surface area contributed by atoms with Crippen molar-refractivity contribution in [3.63, 3.8) is 0 Å². The van der Waals surface area contributed by atoms with Crippen molar-refractivity contribution in [1.82, 2.24) is 9.78 Å². The third-order valence-electron chi connectivity index (χ3n) is 2.62. The van der Waals surface area contributed by atoms with E-state index in [0.717, 1.165) is 4.68 Å². The zero-order valence-corrected chi connectivity index (χ0v) is 11.3. The van der Waals surface area contributed by atoms with Crippen molar-refractivity contribution in [2.75, 3.05) is 11.9 Å². The minimum Gasteiger partial charge on any atom is -0.390 e. The highest BCUT2D eigenvalue weighted by Gasteiger charge is 2.38. The Morgan fingerprint density at radius 2 is 2.05 bits per heavy atom. The van der Waals surface area contributed by atoms with E-state index in [1.807, 2.05) is 0 Å². The molecule has 0 unspecified atom stereocenters. The predicted molar refractivity (Wildman–Crippen MR) is 72.8 cm³/mol. The maximum atomic E-state index is 13.6. The lowest BCUT2D eigenvalue weighted by molar-refractivity contribution is -0.0593. The van der Waals surface area contributed by atoms with Gasteiger partial charge in [0.25, 0.3) is 0 Å².